The fourth-order valence-electron chi connectivity index (χ4n) is 1.41. The minimum atomic E-state index is -4.66. The van der Waals surface area contributed by atoms with Gasteiger partial charge in [-0.25, -0.2) is 4.98 Å². The summed E-state index contributed by atoms with van der Waals surface area (Å²) in [5.41, 5.74) is 3.65. The first-order chi connectivity index (χ1) is 9.16. The Labute approximate surface area is 121 Å². The largest absolute Gasteiger partial charge is 0.474 e. The lowest BCUT2D eigenvalue weighted by atomic mass is 10.2. The second-order valence-electron chi connectivity index (χ2n) is 3.99. The summed E-state index contributed by atoms with van der Waals surface area (Å²) in [6.07, 6.45) is -3.38. The molecule has 1 heterocycles. The molecule has 0 fully saturated rings. The van der Waals surface area contributed by atoms with Crippen molar-refractivity contribution in [1.82, 2.24) is 4.98 Å². The van der Waals surface area contributed by atoms with Crippen LogP contribution in [-0.2, 0) is 6.18 Å². The number of carbonyl (C=O) groups is 1. The minimum Gasteiger partial charge on any atom is -0.474 e. The maximum Gasteiger partial charge on any atom is 0.421 e. The number of nitrogens with two attached hydrogens (primary N) is 1. The van der Waals surface area contributed by atoms with Gasteiger partial charge in [-0.1, -0.05) is 6.08 Å². The quantitative estimate of drug-likeness (QED) is 0.826. The van der Waals surface area contributed by atoms with Crippen LogP contribution >= 0.6 is 15.9 Å². The van der Waals surface area contributed by atoms with Gasteiger partial charge in [0.15, 0.2) is 0 Å². The van der Waals surface area contributed by atoms with Gasteiger partial charge < -0.3 is 10.5 Å². The van der Waals surface area contributed by atoms with Crippen LogP contribution in [0.5, 0.6) is 5.88 Å². The van der Waals surface area contributed by atoms with E-state index in [1.54, 1.807) is 6.92 Å². The smallest absolute Gasteiger partial charge is 0.421 e. The molecule has 2 N–H and O–H groups in total. The zero-order valence-electron chi connectivity index (χ0n) is 10.5. The van der Waals surface area contributed by atoms with Crippen LogP contribution in [0.15, 0.2) is 23.2 Å². The number of nitrogens with zero attached hydrogens (tertiary/aromatic N) is 1. The van der Waals surface area contributed by atoms with Crippen molar-refractivity contribution in [2.45, 2.75) is 25.6 Å². The molecular formula is C12H12BrF3N2O2. The van der Waals surface area contributed by atoms with Gasteiger partial charge in [0.25, 0.3) is 5.91 Å². The summed E-state index contributed by atoms with van der Waals surface area (Å²) in [5, 5.41) is 0. The number of halogens is 4. The number of primary amides is 1. The Kier molecular flexibility index (Phi) is 5.15. The van der Waals surface area contributed by atoms with Crippen LogP contribution in [0.25, 0.3) is 0 Å². The van der Waals surface area contributed by atoms with Crippen molar-refractivity contribution >= 4 is 21.8 Å². The number of rotatable bonds is 5. The molecule has 20 heavy (non-hydrogen) atoms. The molecule has 0 saturated heterocycles. The van der Waals surface area contributed by atoms with E-state index in [1.807, 2.05) is 0 Å². The SMILES string of the molecule is C=CC[C@@H](C)Oc1nc(C(N)=O)c(Br)cc1C(F)(F)F. The summed E-state index contributed by atoms with van der Waals surface area (Å²) in [4.78, 5) is 14.7. The van der Waals surface area contributed by atoms with Gasteiger partial charge in [0.05, 0.1) is 0 Å². The van der Waals surface area contributed by atoms with E-state index < -0.39 is 29.6 Å². The third-order valence-electron chi connectivity index (χ3n) is 2.29. The second kappa shape index (κ2) is 6.25. The number of alkyl halides is 3. The molecule has 0 saturated carbocycles. The lowest BCUT2D eigenvalue weighted by Gasteiger charge is -2.18. The van der Waals surface area contributed by atoms with Crippen LogP contribution in [0.2, 0.25) is 0 Å². The van der Waals surface area contributed by atoms with Gasteiger partial charge in [0, 0.05) is 10.9 Å². The van der Waals surface area contributed by atoms with E-state index in [1.165, 1.54) is 6.08 Å². The maximum absolute atomic E-state index is 12.9. The Morgan fingerprint density at radius 3 is 2.70 bits per heavy atom. The van der Waals surface area contributed by atoms with E-state index in [9.17, 15) is 18.0 Å². The normalized spacial score (nSPS) is 12.8. The van der Waals surface area contributed by atoms with Gasteiger partial charge in [0.2, 0.25) is 5.88 Å². The topological polar surface area (TPSA) is 65.2 Å². The average Bonchev–Trinajstić information content (AvgIpc) is 2.29. The number of hydrogen-bond acceptors (Lipinski definition) is 3. The van der Waals surface area contributed by atoms with Gasteiger partial charge in [-0.05, 0) is 28.9 Å². The van der Waals surface area contributed by atoms with Crippen LogP contribution in [0.1, 0.15) is 29.4 Å². The molecule has 0 unspecified atom stereocenters. The molecule has 1 amide bonds. The highest BCUT2D eigenvalue weighted by Crippen LogP contribution is 2.38. The fourth-order valence-corrected chi connectivity index (χ4v) is 1.92. The first-order valence-corrected chi connectivity index (χ1v) is 6.31. The molecule has 0 bridgehead atoms. The Hall–Kier alpha value is -1.57. The average molecular weight is 353 g/mol. The summed E-state index contributed by atoms with van der Waals surface area (Å²) in [6, 6.07) is 0.725. The van der Waals surface area contributed by atoms with Crippen LogP contribution in [0.3, 0.4) is 0 Å². The van der Waals surface area contributed by atoms with E-state index >= 15 is 0 Å². The molecule has 0 aliphatic heterocycles. The summed E-state index contributed by atoms with van der Waals surface area (Å²) >= 11 is 2.84. The molecular weight excluding hydrogens is 341 g/mol. The summed E-state index contributed by atoms with van der Waals surface area (Å²) < 4.78 is 43.8. The number of ether oxygens (including phenoxy) is 1. The molecule has 1 rings (SSSR count). The lowest BCUT2D eigenvalue weighted by molar-refractivity contribution is -0.139. The van der Waals surface area contributed by atoms with E-state index in [0.717, 1.165) is 6.07 Å². The van der Waals surface area contributed by atoms with Gasteiger partial charge in [-0.3, -0.25) is 4.79 Å². The lowest BCUT2D eigenvalue weighted by Crippen LogP contribution is -2.20. The number of amides is 1. The molecule has 0 radical (unpaired) electrons. The molecule has 4 nitrogen and oxygen atoms in total. The molecule has 0 aliphatic rings. The van der Waals surface area contributed by atoms with Crippen molar-refractivity contribution in [2.75, 3.05) is 0 Å². The van der Waals surface area contributed by atoms with Crippen molar-refractivity contribution < 1.29 is 22.7 Å². The molecule has 8 heteroatoms. The number of carbonyl (C=O) groups excluding carboxylic acids is 1. The summed E-state index contributed by atoms with van der Waals surface area (Å²) in [7, 11) is 0. The maximum atomic E-state index is 12.9. The van der Waals surface area contributed by atoms with Crippen molar-refractivity contribution in [3.05, 3.63) is 34.5 Å². The van der Waals surface area contributed by atoms with Crippen molar-refractivity contribution in [3.63, 3.8) is 0 Å². The number of pyridine rings is 1. The van der Waals surface area contributed by atoms with E-state index in [0.29, 0.717) is 6.42 Å². The summed E-state index contributed by atoms with van der Waals surface area (Å²) in [6.45, 7) is 5.03. The highest BCUT2D eigenvalue weighted by Gasteiger charge is 2.37. The Morgan fingerprint density at radius 2 is 2.25 bits per heavy atom. The fraction of sp³-hybridized carbons (Fsp3) is 0.333. The predicted molar refractivity (Wildman–Crippen MR) is 70.4 cm³/mol. The number of aromatic nitrogens is 1. The monoisotopic (exact) mass is 352 g/mol. The van der Waals surface area contributed by atoms with Gasteiger partial charge in [0.1, 0.15) is 17.4 Å². The Balaban J connectivity index is 3.32. The van der Waals surface area contributed by atoms with E-state index in [4.69, 9.17) is 10.5 Å². The van der Waals surface area contributed by atoms with Gasteiger partial charge >= 0.3 is 6.18 Å². The van der Waals surface area contributed by atoms with Crippen LogP contribution < -0.4 is 10.5 Å². The Morgan fingerprint density at radius 1 is 1.65 bits per heavy atom. The zero-order valence-corrected chi connectivity index (χ0v) is 12.1. The third-order valence-corrected chi connectivity index (χ3v) is 2.90. The molecule has 1 atom stereocenters. The highest BCUT2D eigenvalue weighted by molar-refractivity contribution is 9.10. The van der Waals surface area contributed by atoms with Crippen molar-refractivity contribution in [3.8, 4) is 5.88 Å². The molecule has 0 aromatic carbocycles. The summed E-state index contributed by atoms with van der Waals surface area (Å²) in [5.74, 6) is -1.63. The minimum absolute atomic E-state index is 0.138. The molecule has 110 valence electrons. The highest BCUT2D eigenvalue weighted by atomic mass is 79.9. The molecule has 1 aromatic heterocycles. The molecule has 1 aromatic rings. The standard InChI is InChI=1S/C12H12BrF3N2O2/c1-3-4-6(2)20-11-7(12(14,15)16)5-8(13)9(18-11)10(17)19/h3,5-6H,1,4H2,2H3,(H2,17,19)/t6-/m1/s1. The number of hydrogen-bond donors (Lipinski definition) is 1. The first kappa shape index (κ1) is 16.5. The molecule has 0 aliphatic carbocycles. The van der Waals surface area contributed by atoms with Crippen LogP contribution in [-0.4, -0.2) is 17.0 Å². The third kappa shape index (κ3) is 3.96. The van der Waals surface area contributed by atoms with Gasteiger partial charge in [-0.15, -0.1) is 6.58 Å². The van der Waals surface area contributed by atoms with Crippen LogP contribution in [0, 0.1) is 0 Å². The Bertz CT molecular complexity index is 532. The van der Waals surface area contributed by atoms with E-state index in [-0.39, 0.29) is 10.2 Å². The predicted octanol–water partition coefficient (Wildman–Crippen LogP) is 3.31. The second-order valence-corrected chi connectivity index (χ2v) is 4.84. The molecule has 0 spiro atoms. The van der Waals surface area contributed by atoms with Crippen molar-refractivity contribution in [2.24, 2.45) is 5.73 Å². The zero-order chi connectivity index (χ0) is 15.5. The van der Waals surface area contributed by atoms with Crippen LogP contribution in [0.4, 0.5) is 13.2 Å². The van der Waals surface area contributed by atoms with E-state index in [2.05, 4.69) is 27.5 Å². The van der Waals surface area contributed by atoms with Crippen molar-refractivity contribution in [1.29, 1.82) is 0 Å². The van der Waals surface area contributed by atoms with Gasteiger partial charge in [-0.2, -0.15) is 13.2 Å². The first-order valence-electron chi connectivity index (χ1n) is 5.52.